The van der Waals surface area contributed by atoms with Gasteiger partial charge >= 0.3 is 0 Å². The molecular formula is C12H14Cl2F2. The van der Waals surface area contributed by atoms with Crippen LogP contribution in [0, 0.1) is 17.0 Å². The van der Waals surface area contributed by atoms with E-state index in [1.807, 2.05) is 6.92 Å². The minimum absolute atomic E-state index is 0.336. The van der Waals surface area contributed by atoms with Crippen molar-refractivity contribution < 1.29 is 8.78 Å². The molecule has 16 heavy (non-hydrogen) atoms. The second kappa shape index (κ2) is 5.83. The highest BCUT2D eigenvalue weighted by Gasteiger charge is 2.28. The monoisotopic (exact) mass is 266 g/mol. The van der Waals surface area contributed by atoms with Crippen LogP contribution in [0.4, 0.5) is 8.78 Å². The summed E-state index contributed by atoms with van der Waals surface area (Å²) in [4.78, 5) is 0. The lowest BCUT2D eigenvalue weighted by Gasteiger charge is -2.28. The maximum absolute atomic E-state index is 13.5. The van der Waals surface area contributed by atoms with E-state index in [2.05, 4.69) is 0 Å². The second-order valence-electron chi connectivity index (χ2n) is 4.03. The highest BCUT2D eigenvalue weighted by atomic mass is 35.5. The molecule has 90 valence electrons. The number of hydrogen-bond donors (Lipinski definition) is 0. The van der Waals surface area contributed by atoms with E-state index in [0.29, 0.717) is 23.7 Å². The molecular weight excluding hydrogens is 253 g/mol. The van der Waals surface area contributed by atoms with E-state index >= 15 is 0 Å². The van der Waals surface area contributed by atoms with E-state index in [9.17, 15) is 8.78 Å². The summed E-state index contributed by atoms with van der Waals surface area (Å²) in [6, 6.07) is 3.44. The lowest BCUT2D eigenvalue weighted by molar-refractivity contribution is 0.355. The first-order chi connectivity index (χ1) is 7.56. The first-order valence-corrected chi connectivity index (χ1v) is 6.19. The molecule has 0 spiro atoms. The van der Waals surface area contributed by atoms with E-state index in [1.54, 1.807) is 0 Å². The number of halogens is 4. The van der Waals surface area contributed by atoms with Crippen molar-refractivity contribution in [3.63, 3.8) is 0 Å². The predicted octanol–water partition coefficient (Wildman–Crippen LogP) is 4.38. The number of hydrogen-bond acceptors (Lipinski definition) is 0. The normalized spacial score (nSPS) is 11.8. The molecule has 0 amide bonds. The van der Waals surface area contributed by atoms with Gasteiger partial charge in [-0.1, -0.05) is 6.92 Å². The highest BCUT2D eigenvalue weighted by Crippen LogP contribution is 2.31. The van der Waals surface area contributed by atoms with Crippen molar-refractivity contribution in [1.82, 2.24) is 0 Å². The Labute approximate surface area is 105 Å². The number of alkyl halides is 2. The molecule has 1 rings (SSSR count). The molecule has 0 aliphatic carbocycles. The molecule has 0 saturated carbocycles. The molecule has 0 heterocycles. The van der Waals surface area contributed by atoms with Gasteiger partial charge in [0.15, 0.2) is 0 Å². The molecule has 0 aliphatic heterocycles. The standard InChI is InChI=1S/C12H14Cl2F2/c1-2-12(7-13,8-14)6-9-5-10(15)3-4-11(9)16/h3-5H,2,6-8H2,1H3. The van der Waals surface area contributed by atoms with E-state index in [1.165, 1.54) is 6.07 Å². The largest absolute Gasteiger partial charge is 0.207 e. The van der Waals surface area contributed by atoms with Crippen LogP contribution in [0.2, 0.25) is 0 Å². The third kappa shape index (κ3) is 3.08. The molecule has 4 heteroatoms. The first kappa shape index (κ1) is 13.7. The third-order valence-electron chi connectivity index (χ3n) is 2.89. The van der Waals surface area contributed by atoms with Crippen LogP contribution < -0.4 is 0 Å². The average Bonchev–Trinajstić information content (AvgIpc) is 2.31. The quantitative estimate of drug-likeness (QED) is 0.694. The highest BCUT2D eigenvalue weighted by molar-refractivity contribution is 6.21. The summed E-state index contributed by atoms with van der Waals surface area (Å²) in [6.07, 6.45) is 1.09. The van der Waals surface area contributed by atoms with Crippen LogP contribution in [0.15, 0.2) is 18.2 Å². The Morgan fingerprint density at radius 1 is 1.19 bits per heavy atom. The van der Waals surface area contributed by atoms with Crippen molar-refractivity contribution in [3.05, 3.63) is 35.4 Å². The molecule has 1 aromatic carbocycles. The van der Waals surface area contributed by atoms with Crippen molar-refractivity contribution in [2.24, 2.45) is 5.41 Å². The van der Waals surface area contributed by atoms with Crippen LogP contribution in [0.1, 0.15) is 18.9 Å². The van der Waals surface area contributed by atoms with Gasteiger partial charge in [0.2, 0.25) is 0 Å². The molecule has 0 atom stereocenters. The predicted molar refractivity (Wildman–Crippen MR) is 64.2 cm³/mol. The molecule has 0 fully saturated rings. The van der Waals surface area contributed by atoms with Gasteiger partial charge < -0.3 is 0 Å². The van der Waals surface area contributed by atoms with Gasteiger partial charge in [-0.2, -0.15) is 0 Å². The van der Waals surface area contributed by atoms with Crippen molar-refractivity contribution in [2.75, 3.05) is 11.8 Å². The third-order valence-corrected chi connectivity index (χ3v) is 4.02. The summed E-state index contributed by atoms with van der Waals surface area (Å²) in [5.41, 5.74) is -0.0271. The van der Waals surface area contributed by atoms with Crippen LogP contribution >= 0.6 is 23.2 Å². The Balaban J connectivity index is 2.97. The van der Waals surface area contributed by atoms with Gasteiger partial charge in [-0.05, 0) is 36.6 Å². The molecule has 0 radical (unpaired) electrons. The Hall–Kier alpha value is -0.340. The Bertz CT molecular complexity index is 341. The van der Waals surface area contributed by atoms with Crippen LogP contribution in [0.25, 0.3) is 0 Å². The summed E-state index contributed by atoms with van der Waals surface area (Å²) in [5, 5.41) is 0. The first-order valence-electron chi connectivity index (χ1n) is 5.13. The van der Waals surface area contributed by atoms with Crippen molar-refractivity contribution >= 4 is 23.2 Å². The van der Waals surface area contributed by atoms with Crippen LogP contribution in [-0.2, 0) is 6.42 Å². The molecule has 0 aromatic heterocycles. The van der Waals surface area contributed by atoms with Gasteiger partial charge in [-0.3, -0.25) is 0 Å². The lowest BCUT2D eigenvalue weighted by atomic mass is 9.82. The average molecular weight is 267 g/mol. The minimum atomic E-state index is -0.439. The zero-order valence-corrected chi connectivity index (χ0v) is 10.6. The van der Waals surface area contributed by atoms with Crippen LogP contribution in [-0.4, -0.2) is 11.8 Å². The van der Waals surface area contributed by atoms with E-state index in [0.717, 1.165) is 18.6 Å². The maximum Gasteiger partial charge on any atom is 0.126 e. The van der Waals surface area contributed by atoms with Gasteiger partial charge in [0.1, 0.15) is 11.6 Å². The Morgan fingerprint density at radius 2 is 1.81 bits per heavy atom. The minimum Gasteiger partial charge on any atom is -0.207 e. The van der Waals surface area contributed by atoms with E-state index < -0.39 is 11.6 Å². The summed E-state index contributed by atoms with van der Waals surface area (Å²) >= 11 is 11.7. The SMILES string of the molecule is CCC(CCl)(CCl)Cc1cc(F)ccc1F. The van der Waals surface area contributed by atoms with Crippen molar-refractivity contribution in [1.29, 1.82) is 0 Å². The Morgan fingerprint density at radius 3 is 2.31 bits per heavy atom. The van der Waals surface area contributed by atoms with Gasteiger partial charge in [-0.15, -0.1) is 23.2 Å². The smallest absolute Gasteiger partial charge is 0.126 e. The number of rotatable bonds is 5. The van der Waals surface area contributed by atoms with Gasteiger partial charge in [-0.25, -0.2) is 8.78 Å². The molecule has 0 aliphatic rings. The fourth-order valence-corrected chi connectivity index (χ4v) is 2.38. The van der Waals surface area contributed by atoms with Crippen LogP contribution in [0.3, 0.4) is 0 Å². The topological polar surface area (TPSA) is 0 Å². The van der Waals surface area contributed by atoms with Gasteiger partial charge in [0, 0.05) is 17.2 Å². The summed E-state index contributed by atoms with van der Waals surface area (Å²) < 4.78 is 26.5. The Kier molecular flexibility index (Phi) is 5.00. The van der Waals surface area contributed by atoms with Crippen molar-refractivity contribution in [3.8, 4) is 0 Å². The summed E-state index contributed by atoms with van der Waals surface area (Å²) in [7, 11) is 0. The van der Waals surface area contributed by atoms with E-state index in [4.69, 9.17) is 23.2 Å². The lowest BCUT2D eigenvalue weighted by Crippen LogP contribution is -2.27. The van der Waals surface area contributed by atoms with E-state index in [-0.39, 0.29) is 5.41 Å². The molecule has 0 bridgehead atoms. The molecule has 0 unspecified atom stereocenters. The fourth-order valence-electron chi connectivity index (χ4n) is 1.53. The maximum atomic E-state index is 13.5. The second-order valence-corrected chi connectivity index (χ2v) is 4.57. The number of benzene rings is 1. The zero-order chi connectivity index (χ0) is 12.2. The van der Waals surface area contributed by atoms with Crippen LogP contribution in [0.5, 0.6) is 0 Å². The van der Waals surface area contributed by atoms with Gasteiger partial charge in [0.25, 0.3) is 0 Å². The van der Waals surface area contributed by atoms with Crippen molar-refractivity contribution in [2.45, 2.75) is 19.8 Å². The summed E-state index contributed by atoms with van der Waals surface area (Å²) in [5.74, 6) is -0.175. The molecule has 0 saturated heterocycles. The fraction of sp³-hybridized carbons (Fsp3) is 0.500. The molecule has 0 N–H and O–H groups in total. The molecule has 1 aromatic rings. The van der Waals surface area contributed by atoms with Gasteiger partial charge in [0.05, 0.1) is 0 Å². The zero-order valence-electron chi connectivity index (χ0n) is 9.07. The summed E-state index contributed by atoms with van der Waals surface area (Å²) in [6.45, 7) is 1.95. The molecule has 0 nitrogen and oxygen atoms in total.